The summed E-state index contributed by atoms with van der Waals surface area (Å²) in [4.78, 5) is 12.0. The molecule has 1 aliphatic heterocycles. The van der Waals surface area contributed by atoms with Crippen LogP contribution in [0.4, 0.5) is 4.39 Å². The van der Waals surface area contributed by atoms with Gasteiger partial charge in [0.15, 0.2) is 11.6 Å². The maximum atomic E-state index is 13.9. The number of hydrogen-bond acceptors (Lipinski definition) is 3. The van der Waals surface area contributed by atoms with Crippen LogP contribution in [0.25, 0.3) is 0 Å². The molecule has 0 aromatic heterocycles. The average Bonchev–Trinajstić information content (AvgIpc) is 2.42. The molecule has 19 heavy (non-hydrogen) atoms. The first-order valence-electron chi connectivity index (χ1n) is 6.74. The van der Waals surface area contributed by atoms with Crippen molar-refractivity contribution in [3.05, 3.63) is 29.6 Å². The van der Waals surface area contributed by atoms with Crippen molar-refractivity contribution in [1.82, 2.24) is 5.32 Å². The zero-order chi connectivity index (χ0) is 13.7. The van der Waals surface area contributed by atoms with E-state index in [0.29, 0.717) is 17.9 Å². The molecule has 4 heteroatoms. The number of piperidine rings is 1. The fraction of sp³-hybridized carbons (Fsp3) is 0.533. The molecule has 3 nitrogen and oxygen atoms in total. The van der Waals surface area contributed by atoms with Crippen molar-refractivity contribution in [2.24, 2.45) is 5.92 Å². The molecule has 0 amide bonds. The maximum absolute atomic E-state index is 13.9. The van der Waals surface area contributed by atoms with Gasteiger partial charge in [-0.05, 0) is 43.5 Å². The number of hydrogen-bond donors (Lipinski definition) is 1. The van der Waals surface area contributed by atoms with Crippen molar-refractivity contribution < 1.29 is 13.9 Å². The van der Waals surface area contributed by atoms with Gasteiger partial charge in [-0.2, -0.15) is 0 Å². The second kappa shape index (κ2) is 6.66. The molecule has 1 heterocycles. The standard InChI is InChI=1S/C15H20FNO2/c1-19-14-6-2-5-12(15(14)16)9-13(18)8-11-4-3-7-17-10-11/h2,5-6,11,17H,3-4,7-10H2,1H3. The van der Waals surface area contributed by atoms with E-state index in [2.05, 4.69) is 5.32 Å². The number of methoxy groups -OCH3 is 1. The lowest BCUT2D eigenvalue weighted by Crippen LogP contribution is -2.31. The van der Waals surface area contributed by atoms with Crippen molar-refractivity contribution in [3.8, 4) is 5.75 Å². The van der Waals surface area contributed by atoms with Gasteiger partial charge in [0.1, 0.15) is 5.78 Å². The van der Waals surface area contributed by atoms with Crippen LogP contribution in [-0.4, -0.2) is 26.0 Å². The van der Waals surface area contributed by atoms with Crippen LogP contribution in [0.3, 0.4) is 0 Å². The lowest BCUT2D eigenvalue weighted by atomic mass is 9.92. The number of halogens is 1. The molecule has 1 unspecified atom stereocenters. The van der Waals surface area contributed by atoms with Gasteiger partial charge in [-0.3, -0.25) is 4.79 Å². The minimum absolute atomic E-state index is 0.0980. The van der Waals surface area contributed by atoms with E-state index in [0.717, 1.165) is 25.9 Å². The average molecular weight is 265 g/mol. The molecule has 0 radical (unpaired) electrons. The summed E-state index contributed by atoms with van der Waals surface area (Å²) < 4.78 is 18.8. The summed E-state index contributed by atoms with van der Waals surface area (Å²) in [5, 5.41) is 3.29. The van der Waals surface area contributed by atoms with E-state index in [9.17, 15) is 9.18 Å². The second-order valence-corrected chi connectivity index (χ2v) is 5.07. The summed E-state index contributed by atoms with van der Waals surface area (Å²) in [5.74, 6) is 0.278. The summed E-state index contributed by atoms with van der Waals surface area (Å²) in [7, 11) is 1.43. The van der Waals surface area contributed by atoms with Crippen LogP contribution in [0, 0.1) is 11.7 Å². The zero-order valence-electron chi connectivity index (χ0n) is 11.2. The van der Waals surface area contributed by atoms with Gasteiger partial charge in [-0.1, -0.05) is 12.1 Å². The molecule has 1 aromatic rings. The Morgan fingerprint density at radius 2 is 2.37 bits per heavy atom. The van der Waals surface area contributed by atoms with Crippen LogP contribution in [0.1, 0.15) is 24.8 Å². The topological polar surface area (TPSA) is 38.3 Å². The van der Waals surface area contributed by atoms with Gasteiger partial charge in [0.2, 0.25) is 0 Å². The molecule has 1 N–H and O–H groups in total. The Morgan fingerprint density at radius 1 is 1.53 bits per heavy atom. The third-order valence-corrected chi connectivity index (χ3v) is 3.57. The van der Waals surface area contributed by atoms with Crippen LogP contribution >= 0.6 is 0 Å². The molecule has 1 atom stereocenters. The Hall–Kier alpha value is -1.42. The Bertz CT molecular complexity index is 442. The first kappa shape index (κ1) is 14.0. The van der Waals surface area contributed by atoms with Crippen molar-refractivity contribution in [1.29, 1.82) is 0 Å². The lowest BCUT2D eigenvalue weighted by Gasteiger charge is -2.22. The summed E-state index contributed by atoms with van der Waals surface area (Å²) in [6, 6.07) is 4.93. The van der Waals surface area contributed by atoms with E-state index in [1.54, 1.807) is 18.2 Å². The first-order chi connectivity index (χ1) is 9.20. The molecule has 104 valence electrons. The Balaban J connectivity index is 1.94. The predicted octanol–water partition coefficient (Wildman–Crippen LogP) is 2.34. The van der Waals surface area contributed by atoms with Crippen molar-refractivity contribution in [2.75, 3.05) is 20.2 Å². The summed E-state index contributed by atoms with van der Waals surface area (Å²) in [6.07, 6.45) is 2.88. The molecule has 0 spiro atoms. The maximum Gasteiger partial charge on any atom is 0.168 e. The highest BCUT2D eigenvalue weighted by molar-refractivity contribution is 5.81. The Morgan fingerprint density at radius 3 is 3.05 bits per heavy atom. The zero-order valence-corrected chi connectivity index (χ0v) is 11.2. The molecular formula is C15H20FNO2. The summed E-state index contributed by atoms with van der Waals surface area (Å²) in [5.41, 5.74) is 0.424. The van der Waals surface area contributed by atoms with Gasteiger partial charge < -0.3 is 10.1 Å². The summed E-state index contributed by atoms with van der Waals surface area (Å²) >= 11 is 0. The molecule has 2 rings (SSSR count). The number of ether oxygens (including phenoxy) is 1. The number of Topliss-reactive ketones (excluding diaryl/α,β-unsaturated/α-hetero) is 1. The van der Waals surface area contributed by atoms with E-state index in [1.807, 2.05) is 0 Å². The SMILES string of the molecule is COc1cccc(CC(=O)CC2CCCNC2)c1F. The fourth-order valence-electron chi connectivity index (χ4n) is 2.56. The van der Waals surface area contributed by atoms with E-state index in [4.69, 9.17) is 4.74 Å². The van der Waals surface area contributed by atoms with Crippen LogP contribution in [-0.2, 0) is 11.2 Å². The molecule has 1 saturated heterocycles. The molecular weight excluding hydrogens is 245 g/mol. The van der Waals surface area contributed by atoms with Crippen LogP contribution in [0.15, 0.2) is 18.2 Å². The largest absolute Gasteiger partial charge is 0.494 e. The molecule has 1 fully saturated rings. The van der Waals surface area contributed by atoms with Gasteiger partial charge in [-0.15, -0.1) is 0 Å². The third-order valence-electron chi connectivity index (χ3n) is 3.57. The van der Waals surface area contributed by atoms with Crippen molar-refractivity contribution >= 4 is 5.78 Å². The monoisotopic (exact) mass is 265 g/mol. The number of ketones is 1. The Kier molecular flexibility index (Phi) is 4.91. The third kappa shape index (κ3) is 3.77. The minimum Gasteiger partial charge on any atom is -0.494 e. The van der Waals surface area contributed by atoms with E-state index < -0.39 is 5.82 Å². The first-order valence-corrected chi connectivity index (χ1v) is 6.74. The predicted molar refractivity (Wildman–Crippen MR) is 71.9 cm³/mol. The second-order valence-electron chi connectivity index (χ2n) is 5.07. The highest BCUT2D eigenvalue weighted by Gasteiger charge is 2.18. The number of rotatable bonds is 5. The highest BCUT2D eigenvalue weighted by Crippen LogP contribution is 2.22. The normalized spacial score (nSPS) is 19.2. The van der Waals surface area contributed by atoms with Crippen LogP contribution in [0.2, 0.25) is 0 Å². The van der Waals surface area contributed by atoms with Crippen LogP contribution in [0.5, 0.6) is 5.75 Å². The van der Waals surface area contributed by atoms with Crippen molar-refractivity contribution in [2.45, 2.75) is 25.7 Å². The van der Waals surface area contributed by atoms with Gasteiger partial charge in [-0.25, -0.2) is 4.39 Å². The molecule has 1 aromatic carbocycles. The van der Waals surface area contributed by atoms with Gasteiger partial charge in [0.25, 0.3) is 0 Å². The molecule has 0 saturated carbocycles. The number of benzene rings is 1. The number of carbonyl (C=O) groups excluding carboxylic acids is 1. The smallest absolute Gasteiger partial charge is 0.168 e. The van der Waals surface area contributed by atoms with E-state index >= 15 is 0 Å². The highest BCUT2D eigenvalue weighted by atomic mass is 19.1. The van der Waals surface area contributed by atoms with E-state index in [-0.39, 0.29) is 18.0 Å². The van der Waals surface area contributed by atoms with Crippen molar-refractivity contribution in [3.63, 3.8) is 0 Å². The van der Waals surface area contributed by atoms with E-state index in [1.165, 1.54) is 7.11 Å². The number of nitrogens with one attached hydrogen (secondary N) is 1. The molecule has 0 bridgehead atoms. The molecule has 1 aliphatic rings. The quantitative estimate of drug-likeness (QED) is 0.888. The summed E-state index contributed by atoms with van der Waals surface area (Å²) in [6.45, 7) is 1.93. The fourth-order valence-corrected chi connectivity index (χ4v) is 2.56. The van der Waals surface area contributed by atoms with Gasteiger partial charge in [0, 0.05) is 12.8 Å². The molecule has 0 aliphatic carbocycles. The van der Waals surface area contributed by atoms with Crippen LogP contribution < -0.4 is 10.1 Å². The van der Waals surface area contributed by atoms with Gasteiger partial charge >= 0.3 is 0 Å². The lowest BCUT2D eigenvalue weighted by molar-refractivity contribution is -0.119. The number of carbonyl (C=O) groups is 1. The Labute approximate surface area is 113 Å². The van der Waals surface area contributed by atoms with Gasteiger partial charge in [0.05, 0.1) is 7.11 Å². The minimum atomic E-state index is -0.417.